The first-order valence-corrected chi connectivity index (χ1v) is 13.9. The van der Waals surface area contributed by atoms with Crippen LogP contribution in [-0.2, 0) is 17.8 Å². The average molecular weight is 517 g/mol. The third kappa shape index (κ3) is 5.10. The summed E-state index contributed by atoms with van der Waals surface area (Å²) in [7, 11) is 1.67. The number of carbonyl (C=O) groups excluding carboxylic acids is 2. The number of ether oxygens (including phenoxy) is 1. The molecule has 1 spiro atoms. The summed E-state index contributed by atoms with van der Waals surface area (Å²) in [5.41, 5.74) is 12.5. The summed E-state index contributed by atoms with van der Waals surface area (Å²) in [4.78, 5) is 27.2. The van der Waals surface area contributed by atoms with Crippen molar-refractivity contribution in [1.29, 1.82) is 0 Å². The van der Waals surface area contributed by atoms with E-state index in [1.807, 2.05) is 19.1 Å². The fraction of sp³-hybridized carbons (Fsp3) is 0.419. The van der Waals surface area contributed by atoms with Crippen molar-refractivity contribution in [3.8, 4) is 16.9 Å². The maximum absolute atomic E-state index is 13.4. The Labute approximate surface area is 223 Å². The molecule has 0 bridgehead atoms. The Hall–Kier alpha value is -2.96. The van der Waals surface area contributed by atoms with Gasteiger partial charge in [-0.15, -0.1) is 11.3 Å². The molecule has 0 saturated heterocycles. The highest BCUT2D eigenvalue weighted by atomic mass is 32.1. The molecule has 2 saturated carbocycles. The molecular formula is C31H36N2O3S. The average Bonchev–Trinajstić information content (AvgIpc) is 3.11. The van der Waals surface area contributed by atoms with Crippen LogP contribution in [0.3, 0.4) is 0 Å². The van der Waals surface area contributed by atoms with E-state index in [-0.39, 0.29) is 17.9 Å². The lowest BCUT2D eigenvalue weighted by molar-refractivity contribution is -0.134. The van der Waals surface area contributed by atoms with Crippen molar-refractivity contribution in [2.75, 3.05) is 7.11 Å². The van der Waals surface area contributed by atoms with Crippen LogP contribution >= 0.6 is 11.3 Å². The van der Waals surface area contributed by atoms with Gasteiger partial charge in [0, 0.05) is 28.3 Å². The summed E-state index contributed by atoms with van der Waals surface area (Å²) in [6, 6.07) is 14.8. The third-order valence-corrected chi connectivity index (χ3v) is 9.41. The molecule has 1 amide bonds. The van der Waals surface area contributed by atoms with Gasteiger partial charge in [-0.2, -0.15) is 0 Å². The maximum Gasteiger partial charge on any atom is 0.252 e. The standard InChI is InChI=1S/C31H36N2O3S/c1-18(34)25-13-31(14-25)15-26(16-31)33-30(35)29-20(3)37-19(2)28(29)11-21-5-7-23(8-6-21)24-9-22(17-32)10-27(12-24)36-4/h5-10,12,25-26H,11,13-17,32H2,1-4H3,(H,33,35). The highest BCUT2D eigenvalue weighted by Gasteiger charge is 2.54. The first-order chi connectivity index (χ1) is 17.7. The Morgan fingerprint density at radius 2 is 1.70 bits per heavy atom. The van der Waals surface area contributed by atoms with Crippen LogP contribution in [0.1, 0.15) is 69.4 Å². The van der Waals surface area contributed by atoms with Crippen LogP contribution in [0.4, 0.5) is 0 Å². The number of carbonyl (C=O) groups is 2. The maximum atomic E-state index is 13.4. The second-order valence-corrected chi connectivity index (χ2v) is 12.4. The van der Waals surface area contributed by atoms with Gasteiger partial charge in [-0.25, -0.2) is 0 Å². The van der Waals surface area contributed by atoms with Crippen LogP contribution < -0.4 is 15.8 Å². The van der Waals surface area contributed by atoms with Crippen molar-refractivity contribution in [2.24, 2.45) is 17.1 Å². The molecule has 0 atom stereocenters. The summed E-state index contributed by atoms with van der Waals surface area (Å²) in [5.74, 6) is 1.39. The topological polar surface area (TPSA) is 81.4 Å². The smallest absolute Gasteiger partial charge is 0.252 e. The van der Waals surface area contributed by atoms with E-state index in [0.29, 0.717) is 17.7 Å². The van der Waals surface area contributed by atoms with Crippen molar-refractivity contribution in [1.82, 2.24) is 5.32 Å². The highest BCUT2D eigenvalue weighted by molar-refractivity contribution is 7.12. The van der Waals surface area contributed by atoms with Crippen LogP contribution in [0.15, 0.2) is 42.5 Å². The largest absolute Gasteiger partial charge is 0.497 e. The van der Waals surface area contributed by atoms with E-state index in [9.17, 15) is 9.59 Å². The number of aryl methyl sites for hydroxylation is 2. The van der Waals surface area contributed by atoms with Crippen LogP contribution in [0.25, 0.3) is 11.1 Å². The number of ketones is 1. The fourth-order valence-corrected chi connectivity index (χ4v) is 7.35. The van der Waals surface area contributed by atoms with Gasteiger partial charge in [-0.05, 0) is 104 Å². The van der Waals surface area contributed by atoms with Gasteiger partial charge in [-0.3, -0.25) is 9.59 Å². The summed E-state index contributed by atoms with van der Waals surface area (Å²) in [5, 5.41) is 3.29. The Kier molecular flexibility index (Phi) is 6.99. The summed E-state index contributed by atoms with van der Waals surface area (Å²) < 4.78 is 5.44. The number of methoxy groups -OCH3 is 1. The second-order valence-electron chi connectivity index (χ2n) is 11.0. The molecule has 2 aromatic carbocycles. The van der Waals surface area contributed by atoms with E-state index in [4.69, 9.17) is 10.5 Å². The van der Waals surface area contributed by atoms with E-state index in [1.54, 1.807) is 25.4 Å². The highest BCUT2D eigenvalue weighted by Crippen LogP contribution is 2.58. The summed E-state index contributed by atoms with van der Waals surface area (Å²) in [6.07, 6.45) is 4.71. The number of rotatable bonds is 8. The van der Waals surface area contributed by atoms with Gasteiger partial charge < -0.3 is 15.8 Å². The van der Waals surface area contributed by atoms with Crippen LogP contribution in [0, 0.1) is 25.2 Å². The lowest BCUT2D eigenvalue weighted by Crippen LogP contribution is -2.57. The molecule has 194 valence electrons. The Morgan fingerprint density at radius 3 is 2.32 bits per heavy atom. The van der Waals surface area contributed by atoms with Gasteiger partial charge in [0.25, 0.3) is 5.91 Å². The lowest BCUT2D eigenvalue weighted by atomic mass is 9.49. The lowest BCUT2D eigenvalue weighted by Gasteiger charge is -2.57. The molecule has 37 heavy (non-hydrogen) atoms. The van der Waals surface area contributed by atoms with Crippen molar-refractivity contribution < 1.29 is 14.3 Å². The van der Waals surface area contributed by atoms with E-state index < -0.39 is 0 Å². The molecule has 2 aliphatic carbocycles. The van der Waals surface area contributed by atoms with Crippen molar-refractivity contribution >= 4 is 23.0 Å². The van der Waals surface area contributed by atoms with Gasteiger partial charge >= 0.3 is 0 Å². The number of nitrogens with two attached hydrogens (primary N) is 1. The molecular weight excluding hydrogens is 480 g/mol. The molecule has 5 rings (SSSR count). The Balaban J connectivity index is 1.27. The Morgan fingerprint density at radius 1 is 1.00 bits per heavy atom. The van der Waals surface area contributed by atoms with Gasteiger partial charge in [0.2, 0.25) is 0 Å². The number of nitrogens with one attached hydrogen (secondary N) is 1. The molecule has 6 heteroatoms. The number of amides is 1. The third-order valence-electron chi connectivity index (χ3n) is 8.35. The molecule has 1 aromatic heterocycles. The summed E-state index contributed by atoms with van der Waals surface area (Å²) >= 11 is 1.70. The van der Waals surface area contributed by atoms with Crippen molar-refractivity contribution in [3.05, 3.63) is 74.5 Å². The first-order valence-electron chi connectivity index (χ1n) is 13.1. The minimum Gasteiger partial charge on any atom is -0.497 e. The number of hydrogen-bond acceptors (Lipinski definition) is 5. The zero-order valence-electron chi connectivity index (χ0n) is 22.1. The van der Waals surface area contributed by atoms with E-state index >= 15 is 0 Å². The zero-order valence-corrected chi connectivity index (χ0v) is 23.0. The predicted molar refractivity (Wildman–Crippen MR) is 149 cm³/mol. The second kappa shape index (κ2) is 10.1. The van der Waals surface area contributed by atoms with Crippen molar-refractivity contribution in [2.45, 2.75) is 65.5 Å². The number of hydrogen-bond donors (Lipinski definition) is 2. The minimum atomic E-state index is 0.0430. The minimum absolute atomic E-state index is 0.0430. The van der Waals surface area contributed by atoms with Gasteiger partial charge in [-0.1, -0.05) is 24.3 Å². The van der Waals surface area contributed by atoms with Crippen LogP contribution in [-0.4, -0.2) is 24.8 Å². The number of Topliss-reactive ketones (excluding diaryl/α,β-unsaturated/α-hetero) is 1. The quantitative estimate of drug-likeness (QED) is 0.387. The molecule has 2 fully saturated rings. The van der Waals surface area contributed by atoms with E-state index in [0.717, 1.165) is 70.5 Å². The normalized spacial score (nSPS) is 22.3. The number of benzene rings is 2. The van der Waals surface area contributed by atoms with Gasteiger partial charge in [0.05, 0.1) is 12.7 Å². The molecule has 3 N–H and O–H groups in total. The molecule has 0 aliphatic heterocycles. The molecule has 0 unspecified atom stereocenters. The molecule has 5 nitrogen and oxygen atoms in total. The molecule has 1 heterocycles. The molecule has 2 aliphatic rings. The van der Waals surface area contributed by atoms with Crippen LogP contribution in [0.2, 0.25) is 0 Å². The fourth-order valence-electron chi connectivity index (χ4n) is 6.27. The van der Waals surface area contributed by atoms with Gasteiger partial charge in [0.15, 0.2) is 0 Å². The molecule has 0 radical (unpaired) electrons. The Bertz CT molecular complexity index is 1300. The van der Waals surface area contributed by atoms with Crippen molar-refractivity contribution in [3.63, 3.8) is 0 Å². The molecule has 3 aromatic rings. The zero-order chi connectivity index (χ0) is 26.3. The predicted octanol–water partition coefficient (Wildman–Crippen LogP) is 5.97. The number of thiophene rings is 1. The van der Waals surface area contributed by atoms with Gasteiger partial charge in [0.1, 0.15) is 11.5 Å². The first kappa shape index (κ1) is 25.7. The summed E-state index contributed by atoms with van der Waals surface area (Å²) in [6.45, 7) is 6.31. The van der Waals surface area contributed by atoms with E-state index in [1.165, 1.54) is 10.4 Å². The SMILES string of the molecule is COc1cc(CN)cc(-c2ccc(Cc3c(C)sc(C)c3C(=O)NC3CC4(C3)CC(C(C)=O)C4)cc2)c1. The monoisotopic (exact) mass is 516 g/mol. The van der Waals surface area contributed by atoms with Crippen LogP contribution in [0.5, 0.6) is 5.75 Å². The van der Waals surface area contributed by atoms with E-state index in [2.05, 4.69) is 42.6 Å².